The molecule has 2 N–H and O–H groups in total. The van der Waals surface area contributed by atoms with E-state index in [1.807, 2.05) is 0 Å². The van der Waals surface area contributed by atoms with Crippen LogP contribution >= 0.6 is 0 Å². The quantitative estimate of drug-likeness (QED) is 0.659. The van der Waals surface area contributed by atoms with Crippen LogP contribution in [0.2, 0.25) is 0 Å². The van der Waals surface area contributed by atoms with Gasteiger partial charge in [0.25, 0.3) is 0 Å². The van der Waals surface area contributed by atoms with Crippen molar-refractivity contribution in [3.8, 4) is 0 Å². The van der Waals surface area contributed by atoms with Gasteiger partial charge in [-0.3, -0.25) is 0 Å². The van der Waals surface area contributed by atoms with Gasteiger partial charge >= 0.3 is 0 Å². The van der Waals surface area contributed by atoms with Crippen LogP contribution in [0, 0.1) is 0 Å². The summed E-state index contributed by atoms with van der Waals surface area (Å²) >= 11 is 0. The lowest BCUT2D eigenvalue weighted by atomic mass is 9.85. The van der Waals surface area contributed by atoms with Gasteiger partial charge in [0.05, 0.1) is 5.60 Å². The van der Waals surface area contributed by atoms with Crippen LogP contribution in [0.15, 0.2) is 0 Å². The molecule has 1 atom stereocenters. The van der Waals surface area contributed by atoms with E-state index in [4.69, 9.17) is 9.84 Å². The average Bonchev–Trinajstić information content (AvgIpc) is 2.03. The van der Waals surface area contributed by atoms with Crippen LogP contribution < -0.4 is 5.32 Å². The Labute approximate surface area is 87.8 Å². The van der Waals surface area contributed by atoms with Crippen LogP contribution in [0.25, 0.3) is 0 Å². The average molecular weight is 203 g/mol. The normalized spacial score (nSPS) is 16.7. The highest BCUT2D eigenvalue weighted by Gasteiger charge is 2.31. The van der Waals surface area contributed by atoms with Crippen molar-refractivity contribution in [3.05, 3.63) is 0 Å². The molecule has 1 unspecified atom stereocenters. The van der Waals surface area contributed by atoms with Crippen LogP contribution in [0.3, 0.4) is 0 Å². The molecule has 0 saturated carbocycles. The lowest BCUT2D eigenvalue weighted by molar-refractivity contribution is -0.00966. The van der Waals surface area contributed by atoms with Gasteiger partial charge in [0.2, 0.25) is 0 Å². The Bertz CT molecular complexity index is 151. The van der Waals surface area contributed by atoms with Crippen LogP contribution in [-0.4, -0.2) is 36.5 Å². The number of ether oxygens (including phenoxy) is 1. The van der Waals surface area contributed by atoms with Gasteiger partial charge in [-0.1, -0.05) is 6.92 Å². The van der Waals surface area contributed by atoms with E-state index in [9.17, 15) is 0 Å². The molecule has 0 amide bonds. The number of aliphatic hydroxyl groups excluding tert-OH is 1. The summed E-state index contributed by atoms with van der Waals surface area (Å²) in [5.74, 6) is 0. The molecule has 0 aromatic carbocycles. The third kappa shape index (κ3) is 4.94. The molecule has 0 aliphatic rings. The molecule has 3 heteroatoms. The van der Waals surface area contributed by atoms with Crippen molar-refractivity contribution in [1.82, 2.24) is 5.32 Å². The number of aliphatic hydroxyl groups is 1. The number of nitrogens with one attached hydrogen (secondary N) is 1. The Balaban J connectivity index is 4.34. The fraction of sp³-hybridized carbons (Fsp3) is 1.00. The summed E-state index contributed by atoms with van der Waals surface area (Å²) in [6.45, 7) is 9.47. The first-order valence-electron chi connectivity index (χ1n) is 5.30. The first-order valence-corrected chi connectivity index (χ1v) is 5.30. The summed E-state index contributed by atoms with van der Waals surface area (Å²) in [5.41, 5.74) is -0.185. The third-order valence-electron chi connectivity index (χ3n) is 2.64. The van der Waals surface area contributed by atoms with Gasteiger partial charge in [0.1, 0.15) is 0 Å². The van der Waals surface area contributed by atoms with E-state index in [0.29, 0.717) is 0 Å². The first-order chi connectivity index (χ1) is 6.39. The molecule has 0 bridgehead atoms. The Morgan fingerprint density at radius 1 is 1.29 bits per heavy atom. The largest absolute Gasteiger partial charge is 0.396 e. The summed E-state index contributed by atoms with van der Waals surface area (Å²) in [7, 11) is 1.73. The first kappa shape index (κ1) is 13.9. The lowest BCUT2D eigenvalue weighted by Crippen LogP contribution is -2.48. The minimum atomic E-state index is -0.147. The third-order valence-corrected chi connectivity index (χ3v) is 2.64. The molecule has 0 saturated heterocycles. The Morgan fingerprint density at radius 2 is 1.86 bits per heavy atom. The molecule has 0 aromatic rings. The number of hydrogen-bond donors (Lipinski definition) is 2. The van der Waals surface area contributed by atoms with Gasteiger partial charge in [-0.2, -0.15) is 0 Å². The Kier molecular flexibility index (Phi) is 5.64. The smallest absolute Gasteiger partial charge is 0.0640 e. The highest BCUT2D eigenvalue weighted by Crippen LogP contribution is 2.25. The molecule has 0 fully saturated rings. The van der Waals surface area contributed by atoms with Gasteiger partial charge in [0, 0.05) is 19.3 Å². The van der Waals surface area contributed by atoms with Crippen molar-refractivity contribution in [1.29, 1.82) is 0 Å². The van der Waals surface area contributed by atoms with Crippen molar-refractivity contribution in [3.63, 3.8) is 0 Å². The Hall–Kier alpha value is -0.120. The topological polar surface area (TPSA) is 41.5 Å². The zero-order chi connectivity index (χ0) is 11.2. The molecule has 86 valence electrons. The molecule has 0 rings (SSSR count). The molecule has 0 radical (unpaired) electrons. The van der Waals surface area contributed by atoms with E-state index in [0.717, 1.165) is 19.4 Å². The van der Waals surface area contributed by atoms with Crippen molar-refractivity contribution < 1.29 is 9.84 Å². The minimum Gasteiger partial charge on any atom is -0.396 e. The van der Waals surface area contributed by atoms with E-state index in [1.54, 1.807) is 7.11 Å². The van der Waals surface area contributed by atoms with Gasteiger partial charge in [-0.05, 0) is 40.2 Å². The fourth-order valence-corrected chi connectivity index (χ4v) is 1.92. The monoisotopic (exact) mass is 203 g/mol. The van der Waals surface area contributed by atoms with E-state index in [2.05, 4.69) is 33.0 Å². The molecule has 0 heterocycles. The van der Waals surface area contributed by atoms with Gasteiger partial charge in [0.15, 0.2) is 0 Å². The summed E-state index contributed by atoms with van der Waals surface area (Å²) in [4.78, 5) is 0. The van der Waals surface area contributed by atoms with Crippen molar-refractivity contribution in [2.75, 3.05) is 20.3 Å². The number of methoxy groups -OCH3 is 1. The predicted octanol–water partition coefficient (Wildman–Crippen LogP) is 1.55. The maximum Gasteiger partial charge on any atom is 0.0640 e. The second-order valence-corrected chi connectivity index (χ2v) is 4.71. The zero-order valence-corrected chi connectivity index (χ0v) is 10.2. The van der Waals surface area contributed by atoms with Crippen molar-refractivity contribution >= 4 is 0 Å². The van der Waals surface area contributed by atoms with Crippen LogP contribution in [0.4, 0.5) is 0 Å². The summed E-state index contributed by atoms with van der Waals surface area (Å²) in [5, 5.41) is 12.4. The van der Waals surface area contributed by atoms with Crippen molar-refractivity contribution in [2.45, 2.75) is 51.7 Å². The predicted molar refractivity (Wildman–Crippen MR) is 59.5 cm³/mol. The molecule has 0 aliphatic heterocycles. The fourth-order valence-electron chi connectivity index (χ4n) is 1.92. The standard InChI is InChI=1S/C11H25NO2/c1-6-12-11(4,7-8-13)9-10(2,3)14-5/h12-13H,6-9H2,1-5H3. The number of rotatable bonds is 7. The van der Waals surface area contributed by atoms with E-state index < -0.39 is 0 Å². The maximum absolute atomic E-state index is 9.02. The highest BCUT2D eigenvalue weighted by atomic mass is 16.5. The molecular weight excluding hydrogens is 178 g/mol. The highest BCUT2D eigenvalue weighted by molar-refractivity contribution is 4.89. The number of hydrogen-bond acceptors (Lipinski definition) is 3. The van der Waals surface area contributed by atoms with Gasteiger partial charge in [-0.25, -0.2) is 0 Å². The van der Waals surface area contributed by atoms with E-state index >= 15 is 0 Å². The van der Waals surface area contributed by atoms with Gasteiger partial charge in [-0.15, -0.1) is 0 Å². The Morgan fingerprint density at radius 3 is 2.21 bits per heavy atom. The minimum absolute atomic E-state index is 0.0387. The molecule has 0 aromatic heterocycles. The van der Waals surface area contributed by atoms with E-state index in [-0.39, 0.29) is 17.7 Å². The van der Waals surface area contributed by atoms with Crippen molar-refractivity contribution in [2.24, 2.45) is 0 Å². The second kappa shape index (κ2) is 5.69. The van der Waals surface area contributed by atoms with Crippen LogP contribution in [-0.2, 0) is 4.74 Å². The SMILES string of the molecule is CCNC(C)(CCO)CC(C)(C)OC. The lowest BCUT2D eigenvalue weighted by Gasteiger charge is -2.37. The molecule has 14 heavy (non-hydrogen) atoms. The maximum atomic E-state index is 9.02. The molecular formula is C11H25NO2. The summed E-state index contributed by atoms with van der Waals surface area (Å²) in [6.07, 6.45) is 1.65. The molecule has 0 aliphatic carbocycles. The van der Waals surface area contributed by atoms with Crippen LogP contribution in [0.1, 0.15) is 40.5 Å². The van der Waals surface area contributed by atoms with Gasteiger partial charge < -0.3 is 15.2 Å². The molecule has 3 nitrogen and oxygen atoms in total. The summed E-state index contributed by atoms with van der Waals surface area (Å²) < 4.78 is 5.40. The zero-order valence-electron chi connectivity index (χ0n) is 10.2. The van der Waals surface area contributed by atoms with Crippen LogP contribution in [0.5, 0.6) is 0 Å². The summed E-state index contributed by atoms with van der Waals surface area (Å²) in [6, 6.07) is 0. The van der Waals surface area contributed by atoms with E-state index in [1.165, 1.54) is 0 Å². The molecule has 0 spiro atoms. The second-order valence-electron chi connectivity index (χ2n) is 4.71.